The van der Waals surface area contributed by atoms with Crippen molar-refractivity contribution in [3.05, 3.63) is 39.7 Å². The number of sulfonamides is 1. The lowest BCUT2D eigenvalue weighted by atomic mass is 9.86. The molecular formula is C18H25FN4O6S. The van der Waals surface area contributed by atoms with Crippen molar-refractivity contribution in [3.63, 3.8) is 0 Å². The molecule has 0 radical (unpaired) electrons. The van der Waals surface area contributed by atoms with E-state index in [1.165, 1.54) is 14.2 Å². The van der Waals surface area contributed by atoms with Gasteiger partial charge in [-0.1, -0.05) is 6.92 Å². The third-order valence-corrected chi connectivity index (χ3v) is 7.84. The summed E-state index contributed by atoms with van der Waals surface area (Å²) < 4.78 is 52.7. The zero-order valence-electron chi connectivity index (χ0n) is 17.0. The van der Waals surface area contributed by atoms with Crippen LogP contribution in [-0.2, 0) is 25.0 Å². The van der Waals surface area contributed by atoms with E-state index in [9.17, 15) is 22.9 Å². The minimum Gasteiger partial charge on any atom is -0.382 e. The number of aliphatic imine (C=N–C) groups is 1. The standard InChI is InChI=1S/C18H25FN4O6S/c1-12-8-16-18(10-12,14-9-13(23(24)25)4-5-15(14)19)21-17(22(2)30(16,26)27)20-11-29-7-6-28-3/h4-5,9,12,16H,6-8,10-11H2,1-3H3,(H,20,21). The molecule has 0 spiro atoms. The number of benzene rings is 1. The van der Waals surface area contributed by atoms with Crippen LogP contribution < -0.4 is 5.32 Å². The maximum Gasteiger partial charge on any atom is 0.269 e. The van der Waals surface area contributed by atoms with Crippen LogP contribution in [0.15, 0.2) is 23.2 Å². The summed E-state index contributed by atoms with van der Waals surface area (Å²) in [5, 5.41) is 13.4. The van der Waals surface area contributed by atoms with Gasteiger partial charge in [-0.25, -0.2) is 22.1 Å². The van der Waals surface area contributed by atoms with Gasteiger partial charge in [-0.15, -0.1) is 0 Å². The third kappa shape index (κ3) is 3.86. The number of nitro groups is 1. The van der Waals surface area contributed by atoms with E-state index >= 15 is 0 Å². The minimum atomic E-state index is -3.90. The first-order valence-electron chi connectivity index (χ1n) is 9.45. The van der Waals surface area contributed by atoms with Crippen LogP contribution >= 0.6 is 0 Å². The summed E-state index contributed by atoms with van der Waals surface area (Å²) >= 11 is 0. The predicted octanol–water partition coefficient (Wildman–Crippen LogP) is 1.57. The molecule has 0 amide bonds. The Bertz CT molecular complexity index is 956. The summed E-state index contributed by atoms with van der Waals surface area (Å²) in [6, 6.07) is 3.17. The number of hydrogen-bond donors (Lipinski definition) is 1. The van der Waals surface area contributed by atoms with E-state index in [0.717, 1.165) is 22.5 Å². The Morgan fingerprint density at radius 3 is 2.83 bits per heavy atom. The van der Waals surface area contributed by atoms with Crippen molar-refractivity contribution in [2.24, 2.45) is 10.9 Å². The topological polar surface area (TPSA) is 123 Å². The molecule has 12 heteroatoms. The third-order valence-electron chi connectivity index (χ3n) is 5.59. The van der Waals surface area contributed by atoms with Crippen molar-refractivity contribution in [2.75, 3.05) is 34.1 Å². The second-order valence-electron chi connectivity index (χ2n) is 7.58. The van der Waals surface area contributed by atoms with Crippen molar-refractivity contribution in [2.45, 2.75) is 30.6 Å². The maximum absolute atomic E-state index is 14.9. The van der Waals surface area contributed by atoms with Crippen molar-refractivity contribution in [1.82, 2.24) is 9.62 Å². The molecule has 30 heavy (non-hydrogen) atoms. The quantitative estimate of drug-likeness (QED) is 0.385. The predicted molar refractivity (Wildman–Crippen MR) is 107 cm³/mol. The lowest BCUT2D eigenvalue weighted by molar-refractivity contribution is -0.385. The van der Waals surface area contributed by atoms with Crippen molar-refractivity contribution >= 4 is 21.7 Å². The molecule has 3 rings (SSSR count). The van der Waals surface area contributed by atoms with Crippen LogP contribution in [0.1, 0.15) is 25.3 Å². The van der Waals surface area contributed by atoms with E-state index in [2.05, 4.69) is 10.3 Å². The molecule has 3 atom stereocenters. The van der Waals surface area contributed by atoms with Gasteiger partial charge in [0.05, 0.1) is 23.7 Å². The van der Waals surface area contributed by atoms with Crippen molar-refractivity contribution in [1.29, 1.82) is 0 Å². The molecule has 0 bridgehead atoms. The molecule has 3 unspecified atom stereocenters. The summed E-state index contributed by atoms with van der Waals surface area (Å²) in [6.07, 6.45) is 0.575. The Morgan fingerprint density at radius 1 is 1.43 bits per heavy atom. The van der Waals surface area contributed by atoms with Crippen LogP contribution in [0.5, 0.6) is 0 Å². The number of rotatable bonds is 7. The number of ether oxygens (including phenoxy) is 2. The molecule has 166 valence electrons. The van der Waals surface area contributed by atoms with Crippen LogP contribution in [0.2, 0.25) is 0 Å². The Balaban J connectivity index is 2.07. The van der Waals surface area contributed by atoms with E-state index in [0.29, 0.717) is 13.0 Å². The van der Waals surface area contributed by atoms with Crippen molar-refractivity contribution < 1.29 is 27.2 Å². The highest BCUT2D eigenvalue weighted by Gasteiger charge is 2.60. The number of nitro benzene ring substituents is 1. The molecule has 1 aromatic carbocycles. The average molecular weight is 444 g/mol. The zero-order chi connectivity index (χ0) is 22.1. The molecule has 1 aliphatic carbocycles. The lowest BCUT2D eigenvalue weighted by Gasteiger charge is -2.45. The minimum absolute atomic E-state index is 0.00340. The van der Waals surface area contributed by atoms with Gasteiger partial charge in [0.15, 0.2) is 0 Å². The highest BCUT2D eigenvalue weighted by molar-refractivity contribution is 7.90. The zero-order valence-corrected chi connectivity index (χ0v) is 17.8. The van der Waals surface area contributed by atoms with Gasteiger partial charge in [0, 0.05) is 31.9 Å². The largest absolute Gasteiger partial charge is 0.382 e. The first-order valence-corrected chi connectivity index (χ1v) is 10.9. The number of nitrogens with zero attached hydrogens (tertiary/aromatic N) is 3. The first kappa shape index (κ1) is 22.4. The van der Waals surface area contributed by atoms with E-state index in [1.54, 1.807) is 0 Å². The number of nitrogens with one attached hydrogen (secondary N) is 1. The summed E-state index contributed by atoms with van der Waals surface area (Å²) in [7, 11) is -1.01. The highest BCUT2D eigenvalue weighted by atomic mass is 32.2. The molecule has 1 aliphatic heterocycles. The summed E-state index contributed by atoms with van der Waals surface area (Å²) in [6.45, 7) is 2.37. The SMILES string of the molecule is COCCOCN=C1NC2(c3cc([N+](=O)[O-])ccc3F)CC(C)CC2S(=O)(=O)N1C. The van der Waals surface area contributed by atoms with Gasteiger partial charge >= 0.3 is 0 Å². The normalized spacial score (nSPS) is 28.9. The number of methoxy groups -OCH3 is 1. The Kier molecular flexibility index (Phi) is 6.29. The number of hydrogen-bond acceptors (Lipinski definition) is 7. The Morgan fingerprint density at radius 2 is 2.17 bits per heavy atom. The molecular weight excluding hydrogens is 419 g/mol. The maximum atomic E-state index is 14.9. The smallest absolute Gasteiger partial charge is 0.269 e. The number of guanidine groups is 1. The summed E-state index contributed by atoms with van der Waals surface area (Å²) in [5.74, 6) is -0.757. The molecule has 1 N–H and O–H groups in total. The molecule has 1 saturated carbocycles. The molecule has 10 nitrogen and oxygen atoms in total. The van der Waals surface area contributed by atoms with Gasteiger partial charge in [0.2, 0.25) is 16.0 Å². The second-order valence-corrected chi connectivity index (χ2v) is 9.72. The van der Waals surface area contributed by atoms with Gasteiger partial charge in [-0.2, -0.15) is 0 Å². The monoisotopic (exact) mass is 444 g/mol. The number of halogens is 1. The molecule has 1 aromatic rings. The Hall–Kier alpha value is -2.31. The Labute approximate surface area is 174 Å². The first-order chi connectivity index (χ1) is 14.1. The van der Waals surface area contributed by atoms with E-state index in [1.807, 2.05) is 6.92 Å². The van der Waals surface area contributed by atoms with Gasteiger partial charge < -0.3 is 14.8 Å². The van der Waals surface area contributed by atoms with Crippen LogP contribution in [0, 0.1) is 21.8 Å². The van der Waals surface area contributed by atoms with Gasteiger partial charge in [-0.05, 0) is 24.8 Å². The second kappa shape index (κ2) is 8.44. The summed E-state index contributed by atoms with van der Waals surface area (Å²) in [5.41, 5.74) is -1.72. The highest BCUT2D eigenvalue weighted by Crippen LogP contribution is 2.49. The van der Waals surface area contributed by atoms with E-state index < -0.39 is 31.6 Å². The molecule has 2 aliphatic rings. The molecule has 1 saturated heterocycles. The summed E-state index contributed by atoms with van der Waals surface area (Å²) in [4.78, 5) is 14.8. The van der Waals surface area contributed by atoms with Crippen LogP contribution in [0.3, 0.4) is 0 Å². The molecule has 0 aromatic heterocycles. The fourth-order valence-electron chi connectivity index (χ4n) is 4.20. The van der Waals surface area contributed by atoms with Crippen molar-refractivity contribution in [3.8, 4) is 0 Å². The van der Waals surface area contributed by atoms with Gasteiger partial charge in [0.1, 0.15) is 17.8 Å². The molecule has 2 fully saturated rings. The average Bonchev–Trinajstić information content (AvgIpc) is 3.04. The van der Waals surface area contributed by atoms with Gasteiger partial charge in [-0.3, -0.25) is 10.1 Å². The van der Waals surface area contributed by atoms with E-state index in [-0.39, 0.29) is 42.9 Å². The van der Waals surface area contributed by atoms with Crippen LogP contribution in [-0.4, -0.2) is 63.0 Å². The van der Waals surface area contributed by atoms with Crippen LogP contribution in [0.4, 0.5) is 10.1 Å². The van der Waals surface area contributed by atoms with Crippen LogP contribution in [0.25, 0.3) is 0 Å². The lowest BCUT2D eigenvalue weighted by Crippen LogP contribution is -2.65. The molecule has 1 heterocycles. The number of non-ortho nitro benzene ring substituents is 1. The van der Waals surface area contributed by atoms with Gasteiger partial charge in [0.25, 0.3) is 5.69 Å². The van der Waals surface area contributed by atoms with E-state index in [4.69, 9.17) is 9.47 Å². The fraction of sp³-hybridized carbons (Fsp3) is 0.611. The fourth-order valence-corrected chi connectivity index (χ4v) is 6.29. The number of fused-ring (bicyclic) bond motifs is 1.